The second kappa shape index (κ2) is 9.60. The Morgan fingerprint density at radius 2 is 1.22 bits per heavy atom. The fraction of sp³-hybridized carbons (Fsp3) is 0.280. The molecule has 4 rings (SSSR count). The molecule has 0 spiro atoms. The third-order valence-electron chi connectivity index (χ3n) is 4.64. The fourth-order valence-corrected chi connectivity index (χ4v) is 3.40. The number of rotatable bonds is 4. The van der Waals surface area contributed by atoms with E-state index in [-0.39, 0.29) is 17.3 Å². The number of carbonyl (C=O) groups excluding carboxylic acids is 2. The Labute approximate surface area is 185 Å². The van der Waals surface area contributed by atoms with Crippen LogP contribution < -0.4 is 0 Å². The van der Waals surface area contributed by atoms with Crippen molar-refractivity contribution < 1.29 is 33.0 Å². The van der Waals surface area contributed by atoms with Gasteiger partial charge in [-0.1, -0.05) is 6.07 Å². The van der Waals surface area contributed by atoms with Crippen molar-refractivity contribution in [2.24, 2.45) is 0 Å². The first-order valence-corrected chi connectivity index (χ1v) is 10.3. The SMILES string of the molecule is CCOC(=O)c1cc2cc(C)cc(C)c2o1.CCOC(=O)c1cc2cc(C)cc(O)c2o1. The summed E-state index contributed by atoms with van der Waals surface area (Å²) in [6.07, 6.45) is 0. The highest BCUT2D eigenvalue weighted by Crippen LogP contribution is 2.29. The van der Waals surface area contributed by atoms with Crippen molar-refractivity contribution >= 4 is 33.9 Å². The van der Waals surface area contributed by atoms with Crippen molar-refractivity contribution in [2.75, 3.05) is 13.2 Å². The summed E-state index contributed by atoms with van der Waals surface area (Å²) in [4.78, 5) is 22.9. The van der Waals surface area contributed by atoms with Crippen LogP contribution in [-0.4, -0.2) is 30.3 Å². The number of furan rings is 2. The van der Waals surface area contributed by atoms with E-state index in [1.165, 1.54) is 0 Å². The van der Waals surface area contributed by atoms with Crippen molar-refractivity contribution in [1.29, 1.82) is 0 Å². The molecule has 0 aliphatic heterocycles. The number of benzene rings is 2. The number of esters is 2. The van der Waals surface area contributed by atoms with Crippen molar-refractivity contribution in [3.63, 3.8) is 0 Å². The minimum atomic E-state index is -0.518. The zero-order valence-corrected chi connectivity index (χ0v) is 18.8. The molecule has 7 heteroatoms. The molecule has 0 saturated carbocycles. The largest absolute Gasteiger partial charge is 0.504 e. The van der Waals surface area contributed by atoms with Crippen LogP contribution in [0.1, 0.15) is 51.6 Å². The number of carbonyl (C=O) groups is 2. The van der Waals surface area contributed by atoms with Gasteiger partial charge in [-0.25, -0.2) is 9.59 Å². The first-order chi connectivity index (χ1) is 15.2. The molecule has 7 nitrogen and oxygen atoms in total. The molecule has 32 heavy (non-hydrogen) atoms. The smallest absolute Gasteiger partial charge is 0.374 e. The summed E-state index contributed by atoms with van der Waals surface area (Å²) in [6, 6.07) is 10.7. The molecule has 0 unspecified atom stereocenters. The van der Waals surface area contributed by atoms with E-state index in [4.69, 9.17) is 18.3 Å². The van der Waals surface area contributed by atoms with E-state index in [0.717, 1.165) is 27.7 Å². The molecule has 168 valence electrons. The quantitative estimate of drug-likeness (QED) is 0.399. The molecule has 0 fully saturated rings. The van der Waals surface area contributed by atoms with E-state index < -0.39 is 11.9 Å². The van der Waals surface area contributed by atoms with Crippen LogP contribution in [0, 0.1) is 20.8 Å². The summed E-state index contributed by atoms with van der Waals surface area (Å²) in [6.45, 7) is 9.99. The van der Waals surface area contributed by atoms with Gasteiger partial charge in [0.15, 0.2) is 11.3 Å². The summed E-state index contributed by atoms with van der Waals surface area (Å²) in [7, 11) is 0. The number of fused-ring (bicyclic) bond motifs is 2. The molecule has 0 aliphatic carbocycles. The third-order valence-corrected chi connectivity index (χ3v) is 4.64. The molecule has 2 aromatic carbocycles. The van der Waals surface area contributed by atoms with Gasteiger partial charge in [-0.15, -0.1) is 0 Å². The molecule has 4 aromatic rings. The van der Waals surface area contributed by atoms with E-state index in [0.29, 0.717) is 24.2 Å². The van der Waals surface area contributed by atoms with Gasteiger partial charge in [-0.2, -0.15) is 0 Å². The standard InChI is InChI=1S/C13H14O3.C12H12O4/c1-4-15-13(14)11-7-10-6-8(2)5-9(3)12(10)16-11;1-3-15-12(14)10-6-8-4-7(2)5-9(13)11(8)16-10/h5-7H,4H2,1-3H3;4-6,13H,3H2,1-2H3. The van der Waals surface area contributed by atoms with Crippen molar-refractivity contribution in [3.05, 3.63) is 64.6 Å². The Balaban J connectivity index is 0.000000181. The lowest BCUT2D eigenvalue weighted by molar-refractivity contribution is 0.0484. The highest BCUT2D eigenvalue weighted by atomic mass is 16.5. The van der Waals surface area contributed by atoms with Crippen LogP contribution in [-0.2, 0) is 9.47 Å². The van der Waals surface area contributed by atoms with Crippen molar-refractivity contribution in [1.82, 2.24) is 0 Å². The third kappa shape index (κ3) is 4.94. The minimum Gasteiger partial charge on any atom is -0.504 e. The van der Waals surface area contributed by atoms with Crippen LogP contribution in [0.15, 0.2) is 45.2 Å². The molecule has 0 atom stereocenters. The summed E-state index contributed by atoms with van der Waals surface area (Å²) in [5, 5.41) is 11.3. The number of phenolic OH excluding ortho intramolecular Hbond substituents is 1. The van der Waals surface area contributed by atoms with E-state index in [9.17, 15) is 14.7 Å². The normalized spacial score (nSPS) is 10.7. The number of aromatic hydroxyl groups is 1. The van der Waals surface area contributed by atoms with Crippen LogP contribution in [0.25, 0.3) is 21.9 Å². The lowest BCUT2D eigenvalue weighted by Crippen LogP contribution is -2.02. The van der Waals surface area contributed by atoms with E-state index in [1.807, 2.05) is 39.0 Å². The topological polar surface area (TPSA) is 99.1 Å². The number of phenols is 1. The van der Waals surface area contributed by atoms with Gasteiger partial charge in [0.2, 0.25) is 11.5 Å². The zero-order valence-electron chi connectivity index (χ0n) is 18.8. The molecule has 0 saturated heterocycles. The molecule has 0 aliphatic rings. The van der Waals surface area contributed by atoms with Crippen LogP contribution in [0.5, 0.6) is 5.75 Å². The van der Waals surface area contributed by atoms with Gasteiger partial charge in [-0.3, -0.25) is 0 Å². The Morgan fingerprint density at radius 1 is 0.750 bits per heavy atom. The zero-order chi connectivity index (χ0) is 23.4. The second-order valence-corrected chi connectivity index (χ2v) is 7.36. The van der Waals surface area contributed by atoms with Crippen LogP contribution >= 0.6 is 0 Å². The van der Waals surface area contributed by atoms with Gasteiger partial charge in [0.1, 0.15) is 5.58 Å². The summed E-state index contributed by atoms with van der Waals surface area (Å²) >= 11 is 0. The highest BCUT2D eigenvalue weighted by molar-refractivity contribution is 5.95. The Kier molecular flexibility index (Phi) is 6.88. The molecule has 2 heterocycles. The van der Waals surface area contributed by atoms with Crippen LogP contribution in [0.4, 0.5) is 0 Å². The maximum atomic E-state index is 11.5. The average Bonchev–Trinajstić information content (AvgIpc) is 3.33. The van der Waals surface area contributed by atoms with E-state index >= 15 is 0 Å². The van der Waals surface area contributed by atoms with Gasteiger partial charge >= 0.3 is 11.9 Å². The Hall–Kier alpha value is -3.74. The van der Waals surface area contributed by atoms with E-state index in [2.05, 4.69) is 0 Å². The summed E-state index contributed by atoms with van der Waals surface area (Å²) in [5.74, 6) is -0.514. The van der Waals surface area contributed by atoms with Crippen molar-refractivity contribution in [2.45, 2.75) is 34.6 Å². The molecular formula is C25H26O7. The van der Waals surface area contributed by atoms with E-state index in [1.54, 1.807) is 32.0 Å². The van der Waals surface area contributed by atoms with Crippen LogP contribution in [0.3, 0.4) is 0 Å². The Morgan fingerprint density at radius 3 is 1.75 bits per heavy atom. The van der Waals surface area contributed by atoms with Gasteiger partial charge in [0.25, 0.3) is 0 Å². The number of hydrogen-bond acceptors (Lipinski definition) is 7. The first kappa shape index (κ1) is 22.9. The van der Waals surface area contributed by atoms with Gasteiger partial charge in [0.05, 0.1) is 13.2 Å². The molecule has 1 N–H and O–H groups in total. The van der Waals surface area contributed by atoms with Gasteiger partial charge < -0.3 is 23.4 Å². The number of aryl methyl sites for hydroxylation is 3. The lowest BCUT2D eigenvalue weighted by atomic mass is 10.1. The molecule has 0 radical (unpaired) electrons. The fourth-order valence-electron chi connectivity index (χ4n) is 3.40. The van der Waals surface area contributed by atoms with Crippen LogP contribution in [0.2, 0.25) is 0 Å². The maximum Gasteiger partial charge on any atom is 0.374 e. The molecular weight excluding hydrogens is 412 g/mol. The Bertz CT molecular complexity index is 1180. The lowest BCUT2D eigenvalue weighted by Gasteiger charge is -1.97. The number of ether oxygens (including phenoxy) is 2. The predicted octanol–water partition coefficient (Wildman–Crippen LogP) is 5.85. The van der Waals surface area contributed by atoms with Crippen molar-refractivity contribution in [3.8, 4) is 5.75 Å². The minimum absolute atomic E-state index is 0.0329. The maximum absolute atomic E-state index is 11.5. The summed E-state index contributed by atoms with van der Waals surface area (Å²) in [5.41, 5.74) is 4.16. The molecule has 0 bridgehead atoms. The summed E-state index contributed by atoms with van der Waals surface area (Å²) < 4.78 is 20.4. The van der Waals surface area contributed by atoms with Gasteiger partial charge in [0, 0.05) is 10.8 Å². The first-order valence-electron chi connectivity index (χ1n) is 10.3. The van der Waals surface area contributed by atoms with Gasteiger partial charge in [-0.05, 0) is 81.6 Å². The second-order valence-electron chi connectivity index (χ2n) is 7.36. The number of hydrogen-bond donors (Lipinski definition) is 1. The molecule has 0 amide bonds. The molecule has 2 aromatic heterocycles. The average molecular weight is 438 g/mol. The predicted molar refractivity (Wildman–Crippen MR) is 120 cm³/mol. The highest BCUT2D eigenvalue weighted by Gasteiger charge is 2.16. The monoisotopic (exact) mass is 438 g/mol.